The fourth-order valence-electron chi connectivity index (χ4n) is 3.80. The molecule has 0 unspecified atom stereocenters. The van der Waals surface area contributed by atoms with Crippen LogP contribution in [0.3, 0.4) is 0 Å². The highest BCUT2D eigenvalue weighted by atomic mass is 35.5. The summed E-state index contributed by atoms with van der Waals surface area (Å²) in [7, 11) is 2.22. The molecule has 1 N–H and O–H groups in total. The van der Waals surface area contributed by atoms with Gasteiger partial charge in [0, 0.05) is 45.1 Å². The molecule has 0 bridgehead atoms. The Morgan fingerprint density at radius 2 is 1.55 bits per heavy atom. The number of hydrogen-bond acceptors (Lipinski definition) is 4. The van der Waals surface area contributed by atoms with Crippen LogP contribution in [0.2, 0.25) is 5.02 Å². The zero-order valence-corrected chi connectivity index (χ0v) is 18.9. The number of piperazine rings is 1. The van der Waals surface area contributed by atoms with Crippen molar-refractivity contribution in [3.8, 4) is 0 Å². The molecule has 6 heteroatoms. The Bertz CT molecular complexity index is 576. The lowest BCUT2D eigenvalue weighted by atomic mass is 10.1. The maximum absolute atomic E-state index is 12.0. The minimum atomic E-state index is -0.106. The molecule has 5 nitrogen and oxygen atoms in total. The first-order valence-corrected chi connectivity index (χ1v) is 11.8. The van der Waals surface area contributed by atoms with Crippen LogP contribution in [0.15, 0.2) is 18.5 Å². The molecule has 0 radical (unpaired) electrons. The Balaban J connectivity index is 1.32. The zero-order valence-electron chi connectivity index (χ0n) is 18.2. The van der Waals surface area contributed by atoms with E-state index in [1.54, 1.807) is 12.3 Å². The molecule has 2 heterocycles. The van der Waals surface area contributed by atoms with Gasteiger partial charge in [0.15, 0.2) is 0 Å². The van der Waals surface area contributed by atoms with Crippen molar-refractivity contribution < 1.29 is 4.79 Å². The molecule has 1 saturated heterocycles. The van der Waals surface area contributed by atoms with Gasteiger partial charge < -0.3 is 15.1 Å². The van der Waals surface area contributed by atoms with E-state index in [2.05, 4.69) is 27.1 Å². The Kier molecular flexibility index (Phi) is 12.3. The van der Waals surface area contributed by atoms with Gasteiger partial charge in [0.2, 0.25) is 0 Å². The Morgan fingerprint density at radius 1 is 0.966 bits per heavy atom. The first-order valence-electron chi connectivity index (χ1n) is 11.5. The number of rotatable bonds is 14. The molecule has 1 amide bonds. The van der Waals surface area contributed by atoms with E-state index >= 15 is 0 Å². The van der Waals surface area contributed by atoms with Gasteiger partial charge in [0.1, 0.15) is 0 Å². The van der Waals surface area contributed by atoms with Crippen molar-refractivity contribution in [3.05, 3.63) is 29.0 Å². The van der Waals surface area contributed by atoms with E-state index in [0.29, 0.717) is 17.1 Å². The van der Waals surface area contributed by atoms with Crippen LogP contribution in [-0.4, -0.2) is 67.0 Å². The van der Waals surface area contributed by atoms with Crippen molar-refractivity contribution in [1.29, 1.82) is 0 Å². The molecule has 0 atom stereocenters. The zero-order chi connectivity index (χ0) is 20.7. The van der Waals surface area contributed by atoms with Crippen LogP contribution in [0, 0.1) is 0 Å². The number of pyridine rings is 1. The van der Waals surface area contributed by atoms with Crippen LogP contribution in [0.4, 0.5) is 0 Å². The van der Waals surface area contributed by atoms with Crippen LogP contribution in [0.1, 0.15) is 74.6 Å². The molecular formula is C23H39ClN4O. The molecule has 0 aromatic carbocycles. The van der Waals surface area contributed by atoms with Gasteiger partial charge in [-0.1, -0.05) is 63.0 Å². The topological polar surface area (TPSA) is 48.5 Å². The second-order valence-corrected chi connectivity index (χ2v) is 8.70. The average molecular weight is 423 g/mol. The van der Waals surface area contributed by atoms with E-state index in [-0.39, 0.29) is 5.91 Å². The lowest BCUT2D eigenvalue weighted by Crippen LogP contribution is -2.44. The van der Waals surface area contributed by atoms with E-state index in [9.17, 15) is 4.79 Å². The fourth-order valence-corrected chi connectivity index (χ4v) is 4.01. The van der Waals surface area contributed by atoms with Crippen molar-refractivity contribution in [2.75, 3.05) is 46.3 Å². The Hall–Kier alpha value is -1.17. The standard InChI is InChI=1S/C23H39ClN4O/c1-27-16-18-28(19-17-27)15-11-9-7-5-3-2-4-6-8-10-13-26-23(29)21-12-14-25-20-22(21)24/h12,14,20H,2-11,13,15-19H2,1H3,(H,26,29). The van der Waals surface area contributed by atoms with Gasteiger partial charge >= 0.3 is 0 Å². The van der Waals surface area contributed by atoms with E-state index in [4.69, 9.17) is 11.6 Å². The summed E-state index contributed by atoms with van der Waals surface area (Å²) in [5.74, 6) is -0.106. The number of carbonyl (C=O) groups is 1. The molecule has 2 rings (SSSR count). The predicted molar refractivity (Wildman–Crippen MR) is 122 cm³/mol. The van der Waals surface area contributed by atoms with Gasteiger partial charge in [0.25, 0.3) is 5.91 Å². The van der Waals surface area contributed by atoms with Crippen LogP contribution in [0.25, 0.3) is 0 Å². The monoisotopic (exact) mass is 422 g/mol. The van der Waals surface area contributed by atoms with Gasteiger partial charge in [-0.05, 0) is 32.5 Å². The minimum absolute atomic E-state index is 0.106. The van der Waals surface area contributed by atoms with Crippen molar-refractivity contribution >= 4 is 17.5 Å². The molecule has 1 aliphatic rings. The number of nitrogens with zero attached hydrogens (tertiary/aromatic N) is 3. The second kappa shape index (κ2) is 14.8. The molecular weight excluding hydrogens is 384 g/mol. The number of nitrogens with one attached hydrogen (secondary N) is 1. The van der Waals surface area contributed by atoms with Crippen molar-refractivity contribution in [3.63, 3.8) is 0 Å². The third-order valence-corrected chi connectivity index (χ3v) is 6.10. The number of hydrogen-bond donors (Lipinski definition) is 1. The van der Waals surface area contributed by atoms with Crippen molar-refractivity contribution in [2.45, 2.75) is 64.2 Å². The second-order valence-electron chi connectivity index (χ2n) is 8.29. The largest absolute Gasteiger partial charge is 0.352 e. The first kappa shape index (κ1) is 24.1. The van der Waals surface area contributed by atoms with Crippen molar-refractivity contribution in [1.82, 2.24) is 20.1 Å². The molecule has 29 heavy (non-hydrogen) atoms. The van der Waals surface area contributed by atoms with Crippen LogP contribution in [-0.2, 0) is 0 Å². The van der Waals surface area contributed by atoms with Crippen LogP contribution < -0.4 is 5.32 Å². The maximum Gasteiger partial charge on any atom is 0.252 e. The summed E-state index contributed by atoms with van der Waals surface area (Å²) in [4.78, 5) is 21.0. The highest BCUT2D eigenvalue weighted by Gasteiger charge is 2.12. The van der Waals surface area contributed by atoms with Gasteiger partial charge in [-0.15, -0.1) is 0 Å². The fraction of sp³-hybridized carbons (Fsp3) is 0.739. The van der Waals surface area contributed by atoms with E-state index in [1.165, 1.54) is 96.7 Å². The smallest absolute Gasteiger partial charge is 0.252 e. The molecule has 1 aromatic heterocycles. The molecule has 1 aliphatic heterocycles. The number of carbonyl (C=O) groups excluding carboxylic acids is 1. The molecule has 1 fully saturated rings. The van der Waals surface area contributed by atoms with Crippen molar-refractivity contribution in [2.24, 2.45) is 0 Å². The Morgan fingerprint density at radius 3 is 2.17 bits per heavy atom. The minimum Gasteiger partial charge on any atom is -0.352 e. The predicted octanol–water partition coefficient (Wildman–Crippen LogP) is 4.61. The average Bonchev–Trinajstić information content (AvgIpc) is 2.73. The highest BCUT2D eigenvalue weighted by molar-refractivity contribution is 6.33. The number of unbranched alkanes of at least 4 members (excludes halogenated alkanes) is 9. The van der Waals surface area contributed by atoms with Gasteiger partial charge in [-0.2, -0.15) is 0 Å². The summed E-state index contributed by atoms with van der Waals surface area (Å²) in [5.41, 5.74) is 0.505. The Labute approximate surface area is 182 Å². The maximum atomic E-state index is 12.0. The summed E-state index contributed by atoms with van der Waals surface area (Å²) < 4.78 is 0. The summed E-state index contributed by atoms with van der Waals surface area (Å²) in [5, 5.41) is 3.35. The van der Waals surface area contributed by atoms with Crippen LogP contribution >= 0.6 is 11.6 Å². The molecule has 1 aromatic rings. The number of aromatic nitrogens is 1. The van der Waals surface area contributed by atoms with E-state index < -0.39 is 0 Å². The van der Waals surface area contributed by atoms with E-state index in [1.807, 2.05) is 0 Å². The van der Waals surface area contributed by atoms with Crippen LogP contribution in [0.5, 0.6) is 0 Å². The summed E-state index contributed by atoms with van der Waals surface area (Å²) in [6.45, 7) is 6.95. The lowest BCUT2D eigenvalue weighted by Gasteiger charge is -2.32. The highest BCUT2D eigenvalue weighted by Crippen LogP contribution is 2.13. The van der Waals surface area contributed by atoms with Gasteiger partial charge in [-0.3, -0.25) is 9.78 Å². The normalized spacial score (nSPS) is 15.5. The number of likely N-dealkylation sites (N-methyl/N-ethyl adjacent to an activating group) is 1. The van der Waals surface area contributed by atoms with E-state index in [0.717, 1.165) is 6.42 Å². The van der Waals surface area contributed by atoms with Gasteiger partial charge in [-0.25, -0.2) is 0 Å². The SMILES string of the molecule is CN1CCN(CCCCCCCCCCCCNC(=O)c2ccncc2Cl)CC1. The number of amides is 1. The summed E-state index contributed by atoms with van der Waals surface area (Å²) in [6.07, 6.45) is 16.1. The third kappa shape index (κ3) is 10.4. The lowest BCUT2D eigenvalue weighted by molar-refractivity contribution is 0.0953. The molecule has 0 spiro atoms. The summed E-state index contributed by atoms with van der Waals surface area (Å²) >= 11 is 5.98. The number of halogens is 1. The first-order chi connectivity index (χ1) is 14.2. The molecule has 0 aliphatic carbocycles. The third-order valence-electron chi connectivity index (χ3n) is 5.80. The molecule has 164 valence electrons. The molecule has 0 saturated carbocycles. The summed E-state index contributed by atoms with van der Waals surface area (Å²) in [6, 6.07) is 1.66. The van der Waals surface area contributed by atoms with Gasteiger partial charge in [0.05, 0.1) is 10.6 Å². The quantitative estimate of drug-likeness (QED) is 0.444.